The first-order valence-corrected chi connectivity index (χ1v) is 11.8. The largest absolute Gasteiger partial charge is 0.294 e. The monoisotopic (exact) mass is 474 g/mol. The number of hydrogen-bond acceptors (Lipinski definition) is 4. The molecule has 4 nitrogen and oxygen atoms in total. The summed E-state index contributed by atoms with van der Waals surface area (Å²) in [6.45, 7) is 3.71. The highest BCUT2D eigenvalue weighted by atomic mass is 35.5. The second kappa shape index (κ2) is 9.35. The molecule has 0 aliphatic carbocycles. The Kier molecular flexibility index (Phi) is 6.99. The molecule has 7 heteroatoms. The van der Waals surface area contributed by atoms with Crippen LogP contribution >= 0.6 is 23.2 Å². The lowest BCUT2D eigenvalue weighted by atomic mass is 10.0. The van der Waals surface area contributed by atoms with Crippen LogP contribution in [0.2, 0.25) is 10.0 Å². The van der Waals surface area contributed by atoms with Crippen LogP contribution in [0, 0.1) is 13.8 Å². The highest BCUT2D eigenvalue weighted by molar-refractivity contribution is 7.92. The van der Waals surface area contributed by atoms with Crippen LogP contribution in [0.1, 0.15) is 38.3 Å². The second-order valence-electron chi connectivity index (χ2n) is 7.33. The molecule has 0 aliphatic rings. The van der Waals surface area contributed by atoms with Gasteiger partial charge in [-0.15, -0.1) is 0 Å². The van der Waals surface area contributed by atoms with Gasteiger partial charge in [0.25, 0.3) is 0 Å². The van der Waals surface area contributed by atoms with Crippen LogP contribution in [0.15, 0.2) is 71.6 Å². The molecule has 0 aliphatic heterocycles. The van der Waals surface area contributed by atoms with E-state index in [1.807, 2.05) is 13.8 Å². The Labute approximate surface area is 191 Å². The van der Waals surface area contributed by atoms with Gasteiger partial charge in [0, 0.05) is 22.6 Å². The van der Waals surface area contributed by atoms with Crippen molar-refractivity contribution in [2.24, 2.45) is 0 Å². The highest BCUT2D eigenvalue weighted by Gasteiger charge is 2.37. The predicted octanol–water partition coefficient (Wildman–Crippen LogP) is 5.91. The molecular weight excluding hydrogens is 455 g/mol. The van der Waals surface area contributed by atoms with E-state index in [1.165, 1.54) is 30.3 Å². The third kappa shape index (κ3) is 5.24. The van der Waals surface area contributed by atoms with E-state index in [2.05, 4.69) is 0 Å². The van der Waals surface area contributed by atoms with Crippen molar-refractivity contribution in [3.63, 3.8) is 0 Å². The number of aryl methyl sites for hydroxylation is 2. The van der Waals surface area contributed by atoms with E-state index in [1.54, 1.807) is 36.4 Å². The number of halogens is 2. The maximum Gasteiger partial charge on any atom is 0.189 e. The average Bonchev–Trinajstić information content (AvgIpc) is 2.72. The van der Waals surface area contributed by atoms with Crippen molar-refractivity contribution in [1.29, 1.82) is 0 Å². The molecule has 3 aromatic rings. The number of ketones is 2. The molecule has 31 heavy (non-hydrogen) atoms. The molecule has 0 saturated carbocycles. The van der Waals surface area contributed by atoms with Gasteiger partial charge in [-0.3, -0.25) is 9.59 Å². The molecule has 0 saturated heterocycles. The molecule has 160 valence electrons. The molecule has 0 N–H and O–H groups in total. The smallest absolute Gasteiger partial charge is 0.189 e. The van der Waals surface area contributed by atoms with Crippen molar-refractivity contribution in [2.75, 3.05) is 0 Å². The Morgan fingerprint density at radius 3 is 1.94 bits per heavy atom. The Morgan fingerprint density at radius 1 is 0.839 bits per heavy atom. The second-order valence-corrected chi connectivity index (χ2v) is 10.3. The number of benzene rings is 3. The number of rotatable bonds is 7. The van der Waals surface area contributed by atoms with E-state index in [0.717, 1.165) is 11.1 Å². The number of carbonyl (C=O) groups is 2. The summed E-state index contributed by atoms with van der Waals surface area (Å²) in [6, 6.07) is 17.1. The molecular formula is C24H20Cl2O4S. The fourth-order valence-electron chi connectivity index (χ4n) is 3.12. The molecule has 0 fully saturated rings. The zero-order chi connectivity index (χ0) is 22.8. The first-order valence-electron chi connectivity index (χ1n) is 9.49. The van der Waals surface area contributed by atoms with Gasteiger partial charge in [-0.05, 0) is 44.2 Å². The average molecular weight is 475 g/mol. The minimum atomic E-state index is -4.17. The molecule has 0 heterocycles. The molecule has 3 aromatic carbocycles. The van der Waals surface area contributed by atoms with E-state index in [9.17, 15) is 18.0 Å². The number of Topliss-reactive ketones (excluding diaryl/α,β-unsaturated/α-hetero) is 2. The van der Waals surface area contributed by atoms with Crippen molar-refractivity contribution in [3.05, 3.63) is 99.0 Å². The van der Waals surface area contributed by atoms with Crippen LogP contribution in [0.4, 0.5) is 0 Å². The summed E-state index contributed by atoms with van der Waals surface area (Å²) < 4.78 is 26.8. The summed E-state index contributed by atoms with van der Waals surface area (Å²) in [6.07, 6.45) is -0.503. The minimum absolute atomic E-state index is 0.00320. The number of carbonyl (C=O) groups excluding carboxylic acids is 2. The van der Waals surface area contributed by atoms with Crippen LogP contribution in [-0.2, 0) is 9.84 Å². The van der Waals surface area contributed by atoms with E-state index in [0.29, 0.717) is 10.6 Å². The van der Waals surface area contributed by atoms with Crippen LogP contribution in [0.5, 0.6) is 0 Å². The topological polar surface area (TPSA) is 68.3 Å². The summed E-state index contributed by atoms with van der Waals surface area (Å²) in [5, 5.41) is -1.28. The van der Waals surface area contributed by atoms with E-state index in [4.69, 9.17) is 23.2 Å². The summed E-state index contributed by atoms with van der Waals surface area (Å²) >= 11 is 12.1. The lowest BCUT2D eigenvalue weighted by Gasteiger charge is -2.17. The summed E-state index contributed by atoms with van der Waals surface area (Å²) in [7, 11) is -4.17. The van der Waals surface area contributed by atoms with Gasteiger partial charge >= 0.3 is 0 Å². The molecule has 0 amide bonds. The Hall–Kier alpha value is -2.47. The van der Waals surface area contributed by atoms with Gasteiger partial charge in [0.2, 0.25) is 0 Å². The maximum atomic E-state index is 13.4. The molecule has 3 rings (SSSR count). The van der Waals surface area contributed by atoms with Gasteiger partial charge in [-0.1, -0.05) is 70.7 Å². The third-order valence-electron chi connectivity index (χ3n) is 4.96. The fraction of sp³-hybridized carbons (Fsp3) is 0.167. The van der Waals surface area contributed by atoms with Crippen LogP contribution < -0.4 is 0 Å². The zero-order valence-electron chi connectivity index (χ0n) is 16.9. The molecule has 0 unspecified atom stereocenters. The lowest BCUT2D eigenvalue weighted by molar-refractivity contribution is 0.0920. The van der Waals surface area contributed by atoms with Gasteiger partial charge < -0.3 is 0 Å². The third-order valence-corrected chi connectivity index (χ3v) is 7.56. The Balaban J connectivity index is 2.06. The van der Waals surface area contributed by atoms with Crippen molar-refractivity contribution in [2.45, 2.75) is 30.4 Å². The molecule has 0 spiro atoms. The van der Waals surface area contributed by atoms with Gasteiger partial charge in [0.1, 0.15) is 5.25 Å². The van der Waals surface area contributed by atoms with E-state index >= 15 is 0 Å². The maximum absolute atomic E-state index is 13.4. The van der Waals surface area contributed by atoms with Gasteiger partial charge in [0.05, 0.1) is 9.92 Å². The molecule has 0 radical (unpaired) electrons. The molecule has 0 bridgehead atoms. The molecule has 1 atom stereocenters. The summed E-state index contributed by atoms with van der Waals surface area (Å²) in [4.78, 5) is 26.2. The first kappa shape index (κ1) is 23.2. The van der Waals surface area contributed by atoms with Gasteiger partial charge in [-0.25, -0.2) is 8.42 Å². The quantitative estimate of drug-likeness (QED) is 0.399. The van der Waals surface area contributed by atoms with E-state index < -0.39 is 33.1 Å². The van der Waals surface area contributed by atoms with E-state index in [-0.39, 0.29) is 15.5 Å². The van der Waals surface area contributed by atoms with Crippen molar-refractivity contribution < 1.29 is 18.0 Å². The zero-order valence-corrected chi connectivity index (χ0v) is 19.3. The fourth-order valence-corrected chi connectivity index (χ4v) is 5.25. The number of hydrogen-bond donors (Lipinski definition) is 0. The van der Waals surface area contributed by atoms with Gasteiger partial charge in [0.15, 0.2) is 21.4 Å². The van der Waals surface area contributed by atoms with Crippen molar-refractivity contribution in [1.82, 2.24) is 0 Å². The van der Waals surface area contributed by atoms with Crippen molar-refractivity contribution in [3.8, 4) is 0 Å². The SMILES string of the molecule is Cc1ccc(C(=O)C[C@H](C(=O)c2ccc(Cl)cc2Cl)S(=O)(=O)c2ccc(C)cc2)cc1. The van der Waals surface area contributed by atoms with Crippen LogP contribution in [0.25, 0.3) is 0 Å². The normalized spacial score (nSPS) is 12.4. The Bertz CT molecular complexity index is 1230. The highest BCUT2D eigenvalue weighted by Crippen LogP contribution is 2.28. The number of sulfone groups is 1. The lowest BCUT2D eigenvalue weighted by Crippen LogP contribution is -2.33. The minimum Gasteiger partial charge on any atom is -0.294 e. The Morgan fingerprint density at radius 2 is 1.39 bits per heavy atom. The standard InChI is InChI=1S/C24H20Cl2O4S/c1-15-3-7-17(8-4-15)22(27)14-23(24(28)20-12-9-18(25)13-21(20)26)31(29,30)19-10-5-16(2)6-11-19/h3-13,23H,14H2,1-2H3/t23-/m1/s1. The van der Waals surface area contributed by atoms with Crippen LogP contribution in [0.3, 0.4) is 0 Å². The predicted molar refractivity (Wildman–Crippen MR) is 123 cm³/mol. The summed E-state index contributed by atoms with van der Waals surface area (Å²) in [5.41, 5.74) is 2.18. The van der Waals surface area contributed by atoms with Crippen molar-refractivity contribution >= 4 is 44.6 Å². The summed E-state index contributed by atoms with van der Waals surface area (Å²) in [5.74, 6) is -1.19. The van der Waals surface area contributed by atoms with Gasteiger partial charge in [-0.2, -0.15) is 0 Å². The first-order chi connectivity index (χ1) is 14.6. The van der Waals surface area contributed by atoms with Crippen LogP contribution in [-0.4, -0.2) is 25.2 Å². The molecule has 0 aromatic heterocycles.